The number of hydrogen-bond acceptors (Lipinski definition) is 2. The Hall–Kier alpha value is -0.280. The number of carbonyl (C=O) groups is 1. The second-order valence-corrected chi connectivity index (χ2v) is 3.77. The van der Waals surface area contributed by atoms with Crippen LogP contribution in [-0.4, -0.2) is 22.5 Å². The zero-order chi connectivity index (χ0) is 9.14. The third kappa shape index (κ3) is 2.35. The molecule has 2 unspecified atom stereocenters. The Bertz CT molecular complexity index is 164. The molecule has 1 fully saturated rings. The molecule has 1 heterocycles. The normalized spacial score (nSPS) is 31.6. The third-order valence-electron chi connectivity index (χ3n) is 2.41. The van der Waals surface area contributed by atoms with Gasteiger partial charge < -0.3 is 0 Å². The highest BCUT2D eigenvalue weighted by molar-refractivity contribution is 6.62. The minimum atomic E-state index is -0.490. The van der Waals surface area contributed by atoms with Crippen LogP contribution in [0.5, 0.6) is 0 Å². The maximum atomic E-state index is 10.6. The van der Waals surface area contributed by atoms with Crippen molar-refractivity contribution < 1.29 is 4.79 Å². The molecule has 1 saturated heterocycles. The topological polar surface area (TPSA) is 32.3 Å². The first kappa shape index (κ1) is 9.81. The van der Waals surface area contributed by atoms with Crippen LogP contribution in [-0.2, 0) is 0 Å². The Morgan fingerprint density at radius 2 is 1.92 bits per heavy atom. The molecule has 0 radical (unpaired) electrons. The lowest BCUT2D eigenvalue weighted by molar-refractivity contribution is 0.0649. The van der Waals surface area contributed by atoms with E-state index in [1.165, 1.54) is 6.42 Å². The summed E-state index contributed by atoms with van der Waals surface area (Å²) in [6.45, 7) is 4.20. The van der Waals surface area contributed by atoms with E-state index >= 15 is 0 Å². The van der Waals surface area contributed by atoms with E-state index in [-0.39, 0.29) is 0 Å². The Morgan fingerprint density at radius 1 is 1.42 bits per heavy atom. The second kappa shape index (κ2) is 4.10. The third-order valence-corrected chi connectivity index (χ3v) is 2.50. The van der Waals surface area contributed by atoms with E-state index in [4.69, 9.17) is 11.6 Å². The Balaban J connectivity index is 2.50. The first-order valence-corrected chi connectivity index (χ1v) is 4.73. The van der Waals surface area contributed by atoms with Gasteiger partial charge in [0.25, 0.3) is 0 Å². The molecule has 0 aliphatic carbocycles. The summed E-state index contributed by atoms with van der Waals surface area (Å²) >= 11 is 5.25. The molecule has 0 aromatic heterocycles. The molecular weight excluding hydrogens is 176 g/mol. The summed E-state index contributed by atoms with van der Waals surface area (Å²) in [4.78, 5) is 10.6. The minimum Gasteiger partial charge on any atom is -0.275 e. The summed E-state index contributed by atoms with van der Waals surface area (Å²) in [5, 5.41) is 1.45. The van der Waals surface area contributed by atoms with E-state index < -0.39 is 5.37 Å². The molecule has 1 aliphatic rings. The summed E-state index contributed by atoms with van der Waals surface area (Å²) in [6, 6.07) is 0.799. The van der Waals surface area contributed by atoms with E-state index in [0.717, 1.165) is 12.8 Å². The van der Waals surface area contributed by atoms with Crippen LogP contribution in [0.2, 0.25) is 0 Å². The molecule has 1 rings (SSSR count). The monoisotopic (exact) mass is 190 g/mol. The first-order chi connectivity index (χ1) is 5.61. The van der Waals surface area contributed by atoms with Gasteiger partial charge in [-0.3, -0.25) is 10.2 Å². The van der Waals surface area contributed by atoms with Crippen LogP contribution in [0.25, 0.3) is 0 Å². The second-order valence-electron chi connectivity index (χ2n) is 3.42. The van der Waals surface area contributed by atoms with Crippen molar-refractivity contribution in [3.8, 4) is 0 Å². The molecular formula is C8H15ClN2O. The lowest BCUT2D eigenvalue weighted by Gasteiger charge is -2.37. The maximum absolute atomic E-state index is 10.6. The number of hydrogen-bond donors (Lipinski definition) is 1. The molecule has 1 N–H and O–H groups in total. The fraction of sp³-hybridized carbons (Fsp3) is 0.875. The van der Waals surface area contributed by atoms with Gasteiger partial charge in [0.2, 0.25) is 0 Å². The van der Waals surface area contributed by atoms with Gasteiger partial charge in [0, 0.05) is 12.1 Å². The van der Waals surface area contributed by atoms with Gasteiger partial charge in [-0.25, -0.2) is 5.01 Å². The molecule has 12 heavy (non-hydrogen) atoms. The number of nitrogens with one attached hydrogen (secondary N) is 1. The fourth-order valence-electron chi connectivity index (χ4n) is 1.74. The largest absolute Gasteiger partial charge is 0.328 e. The quantitative estimate of drug-likeness (QED) is 0.508. The molecule has 3 nitrogen and oxygen atoms in total. The molecule has 70 valence electrons. The number of hydrazine groups is 1. The van der Waals surface area contributed by atoms with E-state index in [9.17, 15) is 4.79 Å². The van der Waals surface area contributed by atoms with Crippen LogP contribution in [0, 0.1) is 0 Å². The summed E-state index contributed by atoms with van der Waals surface area (Å²) in [7, 11) is 0. The molecule has 0 saturated carbocycles. The average Bonchev–Trinajstić information content (AvgIpc) is 1.97. The highest BCUT2D eigenvalue weighted by atomic mass is 35.5. The predicted molar refractivity (Wildman–Crippen MR) is 49.0 cm³/mol. The van der Waals surface area contributed by atoms with E-state index in [2.05, 4.69) is 19.3 Å². The van der Waals surface area contributed by atoms with Gasteiger partial charge >= 0.3 is 5.37 Å². The molecule has 0 spiro atoms. The van der Waals surface area contributed by atoms with Gasteiger partial charge in [0.05, 0.1) is 0 Å². The average molecular weight is 191 g/mol. The zero-order valence-electron chi connectivity index (χ0n) is 7.51. The fourth-order valence-corrected chi connectivity index (χ4v) is 1.84. The van der Waals surface area contributed by atoms with Gasteiger partial charge in [-0.05, 0) is 38.3 Å². The first-order valence-electron chi connectivity index (χ1n) is 4.35. The summed E-state index contributed by atoms with van der Waals surface area (Å²) in [5.74, 6) is 0. The molecule has 4 heteroatoms. The Labute approximate surface area is 78.0 Å². The van der Waals surface area contributed by atoms with Crippen LogP contribution in [0.3, 0.4) is 0 Å². The van der Waals surface area contributed by atoms with E-state index in [1.54, 1.807) is 0 Å². The van der Waals surface area contributed by atoms with Crippen LogP contribution >= 0.6 is 11.6 Å². The Kier molecular flexibility index (Phi) is 3.35. The van der Waals surface area contributed by atoms with Crippen LogP contribution in [0.15, 0.2) is 0 Å². The lowest BCUT2D eigenvalue weighted by Crippen LogP contribution is -2.52. The lowest BCUT2D eigenvalue weighted by atomic mass is 10.00. The number of nitrogens with zero attached hydrogens (tertiary/aromatic N) is 1. The molecule has 0 aromatic rings. The number of carbonyl (C=O) groups excluding carboxylic acids is 1. The standard InChI is InChI=1S/C8H15ClN2O/c1-6-4-3-5-7(2)11(6)10-8(9)12/h6-7H,3-5H2,1-2H3,(H,10,12). The number of halogens is 1. The SMILES string of the molecule is CC1CCCC(C)N1NC(=O)Cl. The number of rotatable bonds is 1. The van der Waals surface area contributed by atoms with Crippen molar-refractivity contribution in [3.05, 3.63) is 0 Å². The molecule has 1 aliphatic heterocycles. The molecule has 1 amide bonds. The van der Waals surface area contributed by atoms with Crippen molar-refractivity contribution >= 4 is 17.0 Å². The highest BCUT2D eigenvalue weighted by Crippen LogP contribution is 2.20. The molecule has 0 bridgehead atoms. The molecule has 0 aromatic carbocycles. The number of amides is 1. The van der Waals surface area contributed by atoms with Gasteiger partial charge in [0.15, 0.2) is 0 Å². The van der Waals surface area contributed by atoms with Crippen molar-refractivity contribution in [2.75, 3.05) is 0 Å². The minimum absolute atomic E-state index is 0.399. The Morgan fingerprint density at radius 3 is 2.33 bits per heavy atom. The van der Waals surface area contributed by atoms with Crippen LogP contribution in [0.1, 0.15) is 33.1 Å². The highest BCUT2D eigenvalue weighted by Gasteiger charge is 2.25. The summed E-state index contributed by atoms with van der Waals surface area (Å²) < 4.78 is 0. The maximum Gasteiger partial charge on any atom is 0.328 e. The van der Waals surface area contributed by atoms with E-state index in [1.807, 2.05) is 5.01 Å². The number of piperidine rings is 1. The van der Waals surface area contributed by atoms with E-state index in [0.29, 0.717) is 12.1 Å². The van der Waals surface area contributed by atoms with Crippen LogP contribution in [0.4, 0.5) is 4.79 Å². The van der Waals surface area contributed by atoms with Crippen molar-refractivity contribution in [2.45, 2.75) is 45.2 Å². The summed E-state index contributed by atoms with van der Waals surface area (Å²) in [5.41, 5.74) is 2.64. The van der Waals surface area contributed by atoms with Crippen LogP contribution < -0.4 is 5.43 Å². The predicted octanol–water partition coefficient (Wildman–Crippen LogP) is 2.11. The van der Waals surface area contributed by atoms with Gasteiger partial charge in [-0.15, -0.1) is 0 Å². The van der Waals surface area contributed by atoms with Gasteiger partial charge in [-0.2, -0.15) is 0 Å². The zero-order valence-corrected chi connectivity index (χ0v) is 8.27. The van der Waals surface area contributed by atoms with Gasteiger partial charge in [-0.1, -0.05) is 6.42 Å². The van der Waals surface area contributed by atoms with Crippen molar-refractivity contribution in [1.29, 1.82) is 0 Å². The molecule has 2 atom stereocenters. The smallest absolute Gasteiger partial charge is 0.275 e. The van der Waals surface area contributed by atoms with Crippen molar-refractivity contribution in [1.82, 2.24) is 10.4 Å². The van der Waals surface area contributed by atoms with Crippen molar-refractivity contribution in [2.24, 2.45) is 0 Å². The van der Waals surface area contributed by atoms with Crippen molar-refractivity contribution in [3.63, 3.8) is 0 Å². The van der Waals surface area contributed by atoms with Gasteiger partial charge in [0.1, 0.15) is 0 Å². The summed E-state index contributed by atoms with van der Waals surface area (Å²) in [6.07, 6.45) is 3.49.